The normalized spacial score (nSPS) is 16.0. The van der Waals surface area contributed by atoms with E-state index in [0.29, 0.717) is 11.4 Å². The van der Waals surface area contributed by atoms with Crippen LogP contribution >= 0.6 is 12.2 Å². The zero-order valence-electron chi connectivity index (χ0n) is 14.7. The van der Waals surface area contributed by atoms with Gasteiger partial charge in [-0.2, -0.15) is 0 Å². The molecule has 2 amide bonds. The molecule has 1 aliphatic rings. The molecule has 132 valence electrons. The van der Waals surface area contributed by atoms with Crippen molar-refractivity contribution >= 4 is 40.9 Å². The van der Waals surface area contributed by atoms with E-state index < -0.39 is 11.8 Å². The third-order valence-electron chi connectivity index (χ3n) is 4.13. The first-order valence-corrected chi connectivity index (χ1v) is 8.44. The predicted molar refractivity (Wildman–Crippen MR) is 105 cm³/mol. The maximum Gasteiger partial charge on any atom is 0.270 e. The minimum Gasteiger partial charge on any atom is -0.497 e. The van der Waals surface area contributed by atoms with Crippen molar-refractivity contribution in [3.8, 4) is 5.75 Å². The molecule has 3 rings (SSSR count). The molecule has 1 fully saturated rings. The Labute approximate surface area is 157 Å². The molecule has 1 heterocycles. The number of methoxy groups -OCH3 is 1. The highest BCUT2D eigenvalue weighted by molar-refractivity contribution is 7.80. The molecule has 0 bridgehead atoms. The standard InChI is InChI=1S/C20H18N2O3S/c1-12-4-5-13(2)17(10-12)22-19(24)16(18(23)21-20(22)26)11-14-6-8-15(25-3)9-7-14/h4-11H,1-3H3,(H,21,23,26)/b16-11+. The summed E-state index contributed by atoms with van der Waals surface area (Å²) < 4.78 is 5.12. The SMILES string of the molecule is COc1ccc(/C=C2\C(=O)NC(=S)N(c3cc(C)ccc3C)C2=O)cc1. The number of aryl methyl sites for hydroxylation is 2. The van der Waals surface area contributed by atoms with Crippen LogP contribution in [0.4, 0.5) is 5.69 Å². The number of nitrogens with zero attached hydrogens (tertiary/aromatic N) is 1. The van der Waals surface area contributed by atoms with Crippen LogP contribution in [-0.4, -0.2) is 24.0 Å². The summed E-state index contributed by atoms with van der Waals surface area (Å²) in [6, 6.07) is 12.9. The quantitative estimate of drug-likeness (QED) is 0.515. The van der Waals surface area contributed by atoms with E-state index in [9.17, 15) is 9.59 Å². The van der Waals surface area contributed by atoms with Gasteiger partial charge in [-0.25, -0.2) is 0 Å². The molecule has 2 aromatic rings. The highest BCUT2D eigenvalue weighted by Crippen LogP contribution is 2.26. The van der Waals surface area contributed by atoms with Gasteiger partial charge in [-0.15, -0.1) is 0 Å². The van der Waals surface area contributed by atoms with Gasteiger partial charge >= 0.3 is 0 Å². The van der Waals surface area contributed by atoms with Crippen LogP contribution in [0.2, 0.25) is 0 Å². The molecule has 0 radical (unpaired) electrons. The Morgan fingerprint density at radius 2 is 1.77 bits per heavy atom. The Morgan fingerprint density at radius 1 is 1.08 bits per heavy atom. The van der Waals surface area contributed by atoms with Gasteiger partial charge in [-0.3, -0.25) is 19.8 Å². The fourth-order valence-electron chi connectivity index (χ4n) is 2.70. The van der Waals surface area contributed by atoms with E-state index in [4.69, 9.17) is 17.0 Å². The third-order valence-corrected chi connectivity index (χ3v) is 4.42. The van der Waals surface area contributed by atoms with Crippen molar-refractivity contribution in [1.82, 2.24) is 5.32 Å². The van der Waals surface area contributed by atoms with Crippen molar-refractivity contribution < 1.29 is 14.3 Å². The summed E-state index contributed by atoms with van der Waals surface area (Å²) in [6.45, 7) is 3.83. The van der Waals surface area contributed by atoms with Crippen molar-refractivity contribution in [2.75, 3.05) is 12.0 Å². The molecule has 0 aromatic heterocycles. The smallest absolute Gasteiger partial charge is 0.270 e. The summed E-state index contributed by atoms with van der Waals surface area (Å²) in [6.07, 6.45) is 1.55. The third kappa shape index (κ3) is 3.36. The first-order chi connectivity index (χ1) is 12.4. The van der Waals surface area contributed by atoms with Crippen LogP contribution in [0.15, 0.2) is 48.0 Å². The first kappa shape index (κ1) is 17.8. The van der Waals surface area contributed by atoms with Crippen molar-refractivity contribution in [3.05, 3.63) is 64.7 Å². The number of hydrogen-bond acceptors (Lipinski definition) is 4. The Morgan fingerprint density at radius 3 is 2.42 bits per heavy atom. The number of amides is 2. The molecule has 0 unspecified atom stereocenters. The minimum absolute atomic E-state index is 0.0321. The lowest BCUT2D eigenvalue weighted by Crippen LogP contribution is -2.54. The van der Waals surface area contributed by atoms with Crippen molar-refractivity contribution in [2.45, 2.75) is 13.8 Å². The molecule has 6 heteroatoms. The summed E-state index contributed by atoms with van der Waals surface area (Å²) >= 11 is 5.25. The van der Waals surface area contributed by atoms with Crippen LogP contribution in [0.1, 0.15) is 16.7 Å². The molecular weight excluding hydrogens is 348 g/mol. The van der Waals surface area contributed by atoms with Crippen molar-refractivity contribution in [3.63, 3.8) is 0 Å². The fourth-order valence-corrected chi connectivity index (χ4v) is 2.98. The average molecular weight is 366 g/mol. The molecule has 1 N–H and O–H groups in total. The number of nitrogens with one attached hydrogen (secondary N) is 1. The number of hydrogen-bond donors (Lipinski definition) is 1. The van der Waals surface area contributed by atoms with E-state index in [0.717, 1.165) is 16.7 Å². The second kappa shape index (κ2) is 7.09. The second-order valence-corrected chi connectivity index (χ2v) is 6.41. The van der Waals surface area contributed by atoms with Gasteiger partial charge in [0.05, 0.1) is 12.8 Å². The molecule has 0 spiro atoms. The fraction of sp³-hybridized carbons (Fsp3) is 0.150. The Kier molecular flexibility index (Phi) is 4.86. The molecule has 0 saturated carbocycles. The topological polar surface area (TPSA) is 58.6 Å². The van der Waals surface area contributed by atoms with Crippen LogP contribution in [0, 0.1) is 13.8 Å². The lowest BCUT2D eigenvalue weighted by atomic mass is 10.0. The van der Waals surface area contributed by atoms with Crippen LogP contribution in [0.3, 0.4) is 0 Å². The largest absolute Gasteiger partial charge is 0.497 e. The molecular formula is C20H18N2O3S. The zero-order chi connectivity index (χ0) is 18.8. The zero-order valence-corrected chi connectivity index (χ0v) is 15.5. The lowest BCUT2D eigenvalue weighted by Gasteiger charge is -2.30. The van der Waals surface area contributed by atoms with Gasteiger partial charge in [0.2, 0.25) is 0 Å². The molecule has 1 aliphatic heterocycles. The summed E-state index contributed by atoms with van der Waals surface area (Å²) in [7, 11) is 1.58. The van der Waals surface area contributed by atoms with Crippen molar-refractivity contribution in [2.24, 2.45) is 0 Å². The van der Waals surface area contributed by atoms with Gasteiger partial charge in [0.1, 0.15) is 11.3 Å². The molecule has 1 saturated heterocycles. The Hall–Kier alpha value is -2.99. The number of ether oxygens (including phenoxy) is 1. The van der Waals surface area contributed by atoms with E-state index in [-0.39, 0.29) is 10.7 Å². The van der Waals surface area contributed by atoms with Gasteiger partial charge in [-0.05, 0) is 67.0 Å². The molecule has 0 atom stereocenters. The molecule has 26 heavy (non-hydrogen) atoms. The predicted octanol–water partition coefficient (Wildman–Crippen LogP) is 3.14. The van der Waals surface area contributed by atoms with E-state index in [1.807, 2.05) is 32.0 Å². The second-order valence-electron chi connectivity index (χ2n) is 6.02. The number of carbonyl (C=O) groups is 2. The summed E-state index contributed by atoms with van der Waals surface area (Å²) in [5.74, 6) is -0.245. The van der Waals surface area contributed by atoms with E-state index in [1.165, 1.54) is 4.90 Å². The molecule has 2 aromatic carbocycles. The number of benzene rings is 2. The average Bonchev–Trinajstić information content (AvgIpc) is 2.62. The van der Waals surface area contributed by atoms with Gasteiger partial charge in [0, 0.05) is 0 Å². The van der Waals surface area contributed by atoms with E-state index >= 15 is 0 Å². The summed E-state index contributed by atoms with van der Waals surface area (Å²) in [5.41, 5.74) is 3.31. The lowest BCUT2D eigenvalue weighted by molar-refractivity contribution is -0.122. The summed E-state index contributed by atoms with van der Waals surface area (Å²) in [4.78, 5) is 26.7. The van der Waals surface area contributed by atoms with Gasteiger partial charge in [-0.1, -0.05) is 24.3 Å². The van der Waals surface area contributed by atoms with E-state index in [1.54, 1.807) is 37.5 Å². The number of carbonyl (C=O) groups excluding carboxylic acids is 2. The number of rotatable bonds is 3. The van der Waals surface area contributed by atoms with Crippen LogP contribution < -0.4 is 15.0 Å². The van der Waals surface area contributed by atoms with Crippen LogP contribution in [0.25, 0.3) is 6.08 Å². The van der Waals surface area contributed by atoms with E-state index in [2.05, 4.69) is 5.32 Å². The molecule has 5 nitrogen and oxygen atoms in total. The minimum atomic E-state index is -0.502. The maximum absolute atomic E-state index is 13.0. The monoisotopic (exact) mass is 366 g/mol. The van der Waals surface area contributed by atoms with Gasteiger partial charge in [0.15, 0.2) is 5.11 Å². The highest BCUT2D eigenvalue weighted by atomic mass is 32.1. The Balaban J connectivity index is 2.02. The van der Waals surface area contributed by atoms with Gasteiger partial charge < -0.3 is 4.74 Å². The highest BCUT2D eigenvalue weighted by Gasteiger charge is 2.35. The molecule has 0 aliphatic carbocycles. The summed E-state index contributed by atoms with van der Waals surface area (Å²) in [5, 5.41) is 2.69. The number of anilines is 1. The Bertz CT molecular complexity index is 933. The van der Waals surface area contributed by atoms with Crippen molar-refractivity contribution in [1.29, 1.82) is 0 Å². The van der Waals surface area contributed by atoms with Crippen LogP contribution in [0.5, 0.6) is 5.75 Å². The van der Waals surface area contributed by atoms with Crippen LogP contribution in [-0.2, 0) is 9.59 Å². The number of thiocarbonyl (C=S) groups is 1. The maximum atomic E-state index is 13.0. The first-order valence-electron chi connectivity index (χ1n) is 8.03. The van der Waals surface area contributed by atoms with Gasteiger partial charge in [0.25, 0.3) is 11.8 Å².